The number of carbonyl (C=O) groups excluding carboxylic acids is 1. The van der Waals surface area contributed by atoms with Crippen molar-refractivity contribution in [3.8, 4) is 17.1 Å². The van der Waals surface area contributed by atoms with E-state index in [9.17, 15) is 9.18 Å². The monoisotopic (exact) mass is 487 g/mol. The summed E-state index contributed by atoms with van der Waals surface area (Å²) in [5.41, 5.74) is 2.21. The van der Waals surface area contributed by atoms with Crippen LogP contribution in [0.5, 0.6) is 5.75 Å². The highest BCUT2D eigenvalue weighted by Crippen LogP contribution is 2.30. The van der Waals surface area contributed by atoms with Crippen LogP contribution in [-0.4, -0.2) is 59.7 Å². The molecule has 0 aliphatic carbocycles. The lowest BCUT2D eigenvalue weighted by molar-refractivity contribution is -0.120. The van der Waals surface area contributed by atoms with Crippen LogP contribution >= 0.6 is 11.6 Å². The van der Waals surface area contributed by atoms with Crippen LogP contribution < -0.4 is 4.74 Å². The molecular formula is C26H31ClFN3O3. The molecule has 1 aromatic heterocycles. The molecule has 0 spiro atoms. The Kier molecular flexibility index (Phi) is 8.19. The molecule has 1 saturated heterocycles. The lowest BCUT2D eigenvalue weighted by Gasteiger charge is -2.26. The van der Waals surface area contributed by atoms with Gasteiger partial charge in [0.2, 0.25) is 0 Å². The number of benzene rings is 2. The molecule has 8 heteroatoms. The van der Waals surface area contributed by atoms with Crippen molar-refractivity contribution in [2.75, 3.05) is 39.5 Å². The van der Waals surface area contributed by atoms with Crippen molar-refractivity contribution in [3.63, 3.8) is 0 Å². The van der Waals surface area contributed by atoms with Gasteiger partial charge in [-0.3, -0.25) is 9.69 Å². The van der Waals surface area contributed by atoms with E-state index in [4.69, 9.17) is 26.1 Å². The Morgan fingerprint density at radius 3 is 2.74 bits per heavy atom. The first-order valence-electron chi connectivity index (χ1n) is 11.8. The van der Waals surface area contributed by atoms with Gasteiger partial charge in [-0.15, -0.1) is 0 Å². The minimum absolute atomic E-state index is 0.0221. The maximum absolute atomic E-state index is 13.8. The SMILES string of the molecule is CC(C)CC(=O)Cn1c(-c2ccc(F)c(Cl)c2)nc2cc(OCCCN3CCOCC3)ccc21. The molecule has 2 heterocycles. The Morgan fingerprint density at radius 2 is 2.00 bits per heavy atom. The molecule has 1 aliphatic rings. The quantitative estimate of drug-likeness (QED) is 0.367. The number of carbonyl (C=O) groups is 1. The molecule has 34 heavy (non-hydrogen) atoms. The number of ketones is 1. The van der Waals surface area contributed by atoms with E-state index in [-0.39, 0.29) is 23.3 Å². The van der Waals surface area contributed by atoms with Crippen LogP contribution in [0, 0.1) is 11.7 Å². The van der Waals surface area contributed by atoms with Gasteiger partial charge < -0.3 is 14.0 Å². The molecule has 182 valence electrons. The number of nitrogens with zero attached hydrogens (tertiary/aromatic N) is 3. The number of aromatic nitrogens is 2. The summed E-state index contributed by atoms with van der Waals surface area (Å²) in [6.45, 7) is 9.34. The average Bonchev–Trinajstić information content (AvgIpc) is 3.16. The predicted molar refractivity (Wildman–Crippen MR) is 132 cm³/mol. The van der Waals surface area contributed by atoms with E-state index in [1.54, 1.807) is 12.1 Å². The summed E-state index contributed by atoms with van der Waals surface area (Å²) in [7, 11) is 0. The molecule has 1 aliphatic heterocycles. The predicted octanol–water partition coefficient (Wildman–Crippen LogP) is 5.21. The first-order chi connectivity index (χ1) is 16.4. The van der Waals surface area contributed by atoms with Gasteiger partial charge >= 0.3 is 0 Å². The second kappa shape index (κ2) is 11.3. The van der Waals surface area contributed by atoms with E-state index in [1.165, 1.54) is 6.07 Å². The second-order valence-corrected chi connectivity index (χ2v) is 9.50. The smallest absolute Gasteiger partial charge is 0.152 e. The van der Waals surface area contributed by atoms with E-state index in [1.807, 2.05) is 36.6 Å². The van der Waals surface area contributed by atoms with Gasteiger partial charge in [0, 0.05) is 37.7 Å². The molecule has 0 N–H and O–H groups in total. The Labute approximate surface area is 204 Å². The fourth-order valence-electron chi connectivity index (χ4n) is 4.21. The molecule has 0 unspecified atom stereocenters. The number of hydrogen-bond donors (Lipinski definition) is 0. The number of rotatable bonds is 10. The molecule has 0 amide bonds. The third kappa shape index (κ3) is 6.14. The molecule has 0 bridgehead atoms. The van der Waals surface area contributed by atoms with Crippen molar-refractivity contribution >= 4 is 28.4 Å². The molecule has 0 saturated carbocycles. The Bertz CT molecular complexity index is 1140. The first kappa shape index (κ1) is 24.6. The van der Waals surface area contributed by atoms with Gasteiger partial charge in [-0.2, -0.15) is 0 Å². The molecule has 2 aromatic carbocycles. The number of halogens is 2. The second-order valence-electron chi connectivity index (χ2n) is 9.09. The largest absolute Gasteiger partial charge is 0.493 e. The summed E-state index contributed by atoms with van der Waals surface area (Å²) in [5, 5.41) is 0.0221. The zero-order valence-electron chi connectivity index (χ0n) is 19.7. The highest BCUT2D eigenvalue weighted by atomic mass is 35.5. The Balaban J connectivity index is 1.54. The average molecular weight is 488 g/mol. The third-order valence-electron chi connectivity index (χ3n) is 5.86. The van der Waals surface area contributed by atoms with Gasteiger partial charge in [0.05, 0.1) is 42.4 Å². The van der Waals surface area contributed by atoms with Crippen LogP contribution in [0.15, 0.2) is 36.4 Å². The van der Waals surface area contributed by atoms with Crippen LogP contribution in [0.25, 0.3) is 22.4 Å². The maximum atomic E-state index is 13.8. The fraction of sp³-hybridized carbons (Fsp3) is 0.462. The molecule has 4 rings (SSSR count). The van der Waals surface area contributed by atoms with Crippen LogP contribution in [-0.2, 0) is 16.1 Å². The van der Waals surface area contributed by atoms with Crippen LogP contribution in [0.4, 0.5) is 4.39 Å². The van der Waals surface area contributed by atoms with Gasteiger partial charge in [-0.1, -0.05) is 25.4 Å². The number of Topliss-reactive ketones (excluding diaryl/α,β-unsaturated/α-hetero) is 1. The van der Waals surface area contributed by atoms with Gasteiger partial charge in [-0.25, -0.2) is 9.37 Å². The van der Waals surface area contributed by atoms with E-state index in [0.29, 0.717) is 24.4 Å². The van der Waals surface area contributed by atoms with Crippen LogP contribution in [0.3, 0.4) is 0 Å². The highest BCUT2D eigenvalue weighted by molar-refractivity contribution is 6.31. The minimum atomic E-state index is -0.489. The minimum Gasteiger partial charge on any atom is -0.493 e. The van der Waals surface area contributed by atoms with Crippen LogP contribution in [0.2, 0.25) is 5.02 Å². The fourth-order valence-corrected chi connectivity index (χ4v) is 4.39. The zero-order chi connectivity index (χ0) is 24.1. The maximum Gasteiger partial charge on any atom is 0.152 e. The van der Waals surface area contributed by atoms with E-state index in [0.717, 1.165) is 56.1 Å². The topological polar surface area (TPSA) is 56.6 Å². The third-order valence-corrected chi connectivity index (χ3v) is 6.15. The zero-order valence-corrected chi connectivity index (χ0v) is 20.5. The summed E-state index contributed by atoms with van der Waals surface area (Å²) in [6.07, 6.45) is 1.41. The standard InChI is InChI=1S/C26H31ClFN3O3/c1-18(2)14-20(32)17-31-25-7-5-21(34-11-3-8-30-9-12-33-13-10-30)16-24(25)29-26(31)19-4-6-23(28)22(27)15-19/h4-7,15-16,18H,3,8-14,17H2,1-2H3. The summed E-state index contributed by atoms with van der Waals surface area (Å²) >= 11 is 6.03. The summed E-state index contributed by atoms with van der Waals surface area (Å²) in [6, 6.07) is 10.2. The number of fused-ring (bicyclic) bond motifs is 1. The molecule has 3 aromatic rings. The lowest BCUT2D eigenvalue weighted by atomic mass is 10.1. The van der Waals surface area contributed by atoms with Crippen LogP contribution in [0.1, 0.15) is 26.7 Å². The molecule has 1 fully saturated rings. The van der Waals surface area contributed by atoms with Crippen molar-refractivity contribution in [1.82, 2.24) is 14.5 Å². The van der Waals surface area contributed by atoms with Crippen molar-refractivity contribution in [2.24, 2.45) is 5.92 Å². The van der Waals surface area contributed by atoms with E-state index < -0.39 is 5.82 Å². The molecule has 0 radical (unpaired) electrons. The van der Waals surface area contributed by atoms with E-state index in [2.05, 4.69) is 4.90 Å². The lowest BCUT2D eigenvalue weighted by Crippen LogP contribution is -2.37. The Hall–Kier alpha value is -2.48. The van der Waals surface area contributed by atoms with Crippen molar-refractivity contribution < 1.29 is 18.7 Å². The Morgan fingerprint density at radius 1 is 1.21 bits per heavy atom. The van der Waals surface area contributed by atoms with Gasteiger partial charge in [0.1, 0.15) is 17.4 Å². The molecule has 6 nitrogen and oxygen atoms in total. The summed E-state index contributed by atoms with van der Waals surface area (Å²) < 4.78 is 27.0. The van der Waals surface area contributed by atoms with Gasteiger partial charge in [0.25, 0.3) is 0 Å². The summed E-state index contributed by atoms with van der Waals surface area (Å²) in [5.74, 6) is 1.21. The molecule has 0 atom stereocenters. The number of ether oxygens (including phenoxy) is 2. The normalized spacial score (nSPS) is 14.7. The van der Waals surface area contributed by atoms with Crippen molar-refractivity contribution in [3.05, 3.63) is 47.2 Å². The van der Waals surface area contributed by atoms with E-state index >= 15 is 0 Å². The van der Waals surface area contributed by atoms with Crippen molar-refractivity contribution in [2.45, 2.75) is 33.2 Å². The molecular weight excluding hydrogens is 457 g/mol. The van der Waals surface area contributed by atoms with Gasteiger partial charge in [0.15, 0.2) is 5.78 Å². The number of hydrogen-bond acceptors (Lipinski definition) is 5. The first-order valence-corrected chi connectivity index (χ1v) is 12.2. The number of morpholine rings is 1. The number of imidazole rings is 1. The van der Waals surface area contributed by atoms with Gasteiger partial charge in [-0.05, 0) is 42.7 Å². The summed E-state index contributed by atoms with van der Waals surface area (Å²) in [4.78, 5) is 19.8. The highest BCUT2D eigenvalue weighted by Gasteiger charge is 2.18. The van der Waals surface area contributed by atoms with Crippen molar-refractivity contribution in [1.29, 1.82) is 0 Å².